The largest absolute Gasteiger partial charge is 0.481 e. The topological polar surface area (TPSA) is 91.7 Å². The smallest absolute Gasteiger partial charge is 0.306 e. The van der Waals surface area contributed by atoms with Gasteiger partial charge >= 0.3 is 5.97 Å². The Labute approximate surface area is 126 Å². The van der Waals surface area contributed by atoms with Gasteiger partial charge in [0, 0.05) is 5.56 Å². The van der Waals surface area contributed by atoms with E-state index in [0.717, 1.165) is 6.07 Å². The summed E-state index contributed by atoms with van der Waals surface area (Å²) in [5.41, 5.74) is -1.78. The molecule has 0 amide bonds. The molecule has 0 spiro atoms. The van der Waals surface area contributed by atoms with Crippen molar-refractivity contribution in [3.8, 4) is 0 Å². The Balaban J connectivity index is 2.76. The maximum Gasteiger partial charge on any atom is 0.306 e. The van der Waals surface area contributed by atoms with Gasteiger partial charge in [0.25, 0.3) is 0 Å². The molecular formula is C12H12Cl2O5S. The van der Waals surface area contributed by atoms with Crippen LogP contribution >= 0.6 is 23.2 Å². The normalized spacial score (nSPS) is 27.9. The molecule has 20 heavy (non-hydrogen) atoms. The van der Waals surface area contributed by atoms with Crippen molar-refractivity contribution in [3.63, 3.8) is 0 Å². The van der Waals surface area contributed by atoms with Crippen LogP contribution in [0.3, 0.4) is 0 Å². The van der Waals surface area contributed by atoms with E-state index in [0.29, 0.717) is 0 Å². The van der Waals surface area contributed by atoms with E-state index in [2.05, 4.69) is 0 Å². The van der Waals surface area contributed by atoms with Gasteiger partial charge in [0.05, 0.1) is 26.6 Å². The molecule has 1 heterocycles. The predicted octanol–water partition coefficient (Wildman–Crippen LogP) is 2.22. The first-order valence-corrected chi connectivity index (χ1v) is 8.06. The molecule has 2 rings (SSSR count). The zero-order chi connectivity index (χ0) is 15.3. The molecule has 1 aromatic carbocycles. The Morgan fingerprint density at radius 1 is 1.40 bits per heavy atom. The number of aliphatic carboxylic acids is 1. The number of hydrogen-bond donors (Lipinski definition) is 2. The van der Waals surface area contributed by atoms with E-state index < -0.39 is 33.1 Å². The zero-order valence-electron chi connectivity index (χ0n) is 10.4. The highest BCUT2D eigenvalue weighted by Gasteiger charge is 2.46. The summed E-state index contributed by atoms with van der Waals surface area (Å²) in [5, 5.41) is 18.7. The Morgan fingerprint density at radius 2 is 1.95 bits per heavy atom. The molecule has 5 nitrogen and oxygen atoms in total. The molecule has 0 fully saturated rings. The highest BCUT2D eigenvalue weighted by molar-refractivity contribution is 7.92. The maximum atomic E-state index is 12.3. The molecule has 0 saturated carbocycles. The van der Waals surface area contributed by atoms with Crippen molar-refractivity contribution in [3.05, 3.63) is 27.7 Å². The second-order valence-corrected chi connectivity index (χ2v) is 8.07. The molecule has 0 saturated heterocycles. The summed E-state index contributed by atoms with van der Waals surface area (Å²) in [4.78, 5) is 10.8. The third kappa shape index (κ3) is 2.41. The van der Waals surface area contributed by atoms with Crippen molar-refractivity contribution < 1.29 is 23.4 Å². The van der Waals surface area contributed by atoms with Crippen LogP contribution in [0.15, 0.2) is 17.0 Å². The first-order valence-electron chi connectivity index (χ1n) is 5.75. The SMILES string of the molecule is C[C@@H]1C[C@@](O)(CC(=O)O)c2cc(Cl)c(Cl)cc2S1(=O)=O. The molecule has 8 heteroatoms. The lowest BCUT2D eigenvalue weighted by molar-refractivity contribution is -0.143. The quantitative estimate of drug-likeness (QED) is 0.862. The van der Waals surface area contributed by atoms with Crippen molar-refractivity contribution in [2.45, 2.75) is 35.5 Å². The van der Waals surface area contributed by atoms with Gasteiger partial charge in [-0.2, -0.15) is 0 Å². The Hall–Kier alpha value is -0.820. The lowest BCUT2D eigenvalue weighted by Crippen LogP contribution is -2.41. The van der Waals surface area contributed by atoms with E-state index in [1.165, 1.54) is 13.0 Å². The van der Waals surface area contributed by atoms with Gasteiger partial charge in [-0.05, 0) is 25.5 Å². The van der Waals surface area contributed by atoms with E-state index in [1.54, 1.807) is 0 Å². The summed E-state index contributed by atoms with van der Waals surface area (Å²) >= 11 is 11.7. The fraction of sp³-hybridized carbons (Fsp3) is 0.417. The van der Waals surface area contributed by atoms with Crippen LogP contribution in [0, 0.1) is 0 Å². The average molecular weight is 339 g/mol. The van der Waals surface area contributed by atoms with Crippen molar-refractivity contribution in [2.24, 2.45) is 0 Å². The van der Waals surface area contributed by atoms with Crippen LogP contribution in [0.2, 0.25) is 10.0 Å². The highest BCUT2D eigenvalue weighted by Crippen LogP contribution is 2.45. The van der Waals surface area contributed by atoms with E-state index in [-0.39, 0.29) is 26.9 Å². The molecule has 0 bridgehead atoms. The molecule has 2 N–H and O–H groups in total. The highest BCUT2D eigenvalue weighted by atomic mass is 35.5. The van der Waals surface area contributed by atoms with Crippen LogP contribution in [-0.2, 0) is 20.2 Å². The molecule has 1 aromatic rings. The van der Waals surface area contributed by atoms with Crippen LogP contribution in [0.1, 0.15) is 25.3 Å². The van der Waals surface area contributed by atoms with Crippen molar-refractivity contribution in [2.75, 3.05) is 0 Å². The van der Waals surface area contributed by atoms with Crippen molar-refractivity contribution in [1.82, 2.24) is 0 Å². The number of halogens is 2. The summed E-state index contributed by atoms with van der Waals surface area (Å²) in [6.45, 7) is 1.42. The van der Waals surface area contributed by atoms with Crippen LogP contribution in [0.4, 0.5) is 0 Å². The monoisotopic (exact) mass is 338 g/mol. The minimum absolute atomic E-state index is 0.00704. The van der Waals surface area contributed by atoms with E-state index in [4.69, 9.17) is 28.3 Å². The molecular weight excluding hydrogens is 327 g/mol. The second-order valence-electron chi connectivity index (χ2n) is 4.92. The lowest BCUT2D eigenvalue weighted by Gasteiger charge is -2.36. The number of carbonyl (C=O) groups is 1. The molecule has 0 aromatic heterocycles. The number of aliphatic hydroxyl groups is 1. The van der Waals surface area contributed by atoms with E-state index >= 15 is 0 Å². The molecule has 2 atom stereocenters. The first kappa shape index (κ1) is 15.6. The zero-order valence-corrected chi connectivity index (χ0v) is 12.8. The minimum Gasteiger partial charge on any atom is -0.481 e. The molecule has 1 aliphatic heterocycles. The summed E-state index contributed by atoms with van der Waals surface area (Å²) < 4.78 is 24.6. The fourth-order valence-electron chi connectivity index (χ4n) is 2.46. The third-order valence-corrected chi connectivity index (χ3v) is 6.33. The number of fused-ring (bicyclic) bond motifs is 1. The van der Waals surface area contributed by atoms with Crippen molar-refractivity contribution in [1.29, 1.82) is 0 Å². The van der Waals surface area contributed by atoms with E-state index in [1.807, 2.05) is 0 Å². The maximum absolute atomic E-state index is 12.3. The standard InChI is InChI=1S/C12H12Cl2O5S/c1-6-4-12(17,5-11(15)16)7-2-8(13)9(14)3-10(7)20(6,18)19/h2-3,6,17H,4-5H2,1H3,(H,15,16)/t6-,12-/m1/s1. The van der Waals surface area contributed by atoms with Crippen LogP contribution in [0.25, 0.3) is 0 Å². The predicted molar refractivity (Wildman–Crippen MR) is 73.9 cm³/mol. The second kappa shape index (κ2) is 4.87. The summed E-state index contributed by atoms with van der Waals surface area (Å²) in [5.74, 6) is -1.23. The first-order chi connectivity index (χ1) is 9.08. The molecule has 1 aliphatic rings. The average Bonchev–Trinajstić information content (AvgIpc) is 2.29. The number of carboxylic acid groups (broad SMARTS) is 1. The van der Waals surface area contributed by atoms with Crippen molar-refractivity contribution >= 4 is 39.0 Å². The number of benzene rings is 1. The summed E-state index contributed by atoms with van der Waals surface area (Å²) in [6, 6.07) is 2.39. The molecule has 0 unspecified atom stereocenters. The molecule has 110 valence electrons. The molecule has 0 aliphatic carbocycles. The van der Waals surface area contributed by atoms with Crippen LogP contribution < -0.4 is 0 Å². The number of hydrogen-bond acceptors (Lipinski definition) is 4. The summed E-state index contributed by atoms with van der Waals surface area (Å²) in [7, 11) is -3.66. The Bertz CT molecular complexity index is 685. The van der Waals surface area contributed by atoms with Gasteiger partial charge in [0.15, 0.2) is 9.84 Å². The number of carboxylic acids is 1. The third-order valence-electron chi connectivity index (χ3n) is 3.43. The van der Waals surface area contributed by atoms with Gasteiger partial charge < -0.3 is 10.2 Å². The van der Waals surface area contributed by atoms with Gasteiger partial charge in [-0.1, -0.05) is 23.2 Å². The minimum atomic E-state index is -3.66. The van der Waals surface area contributed by atoms with Gasteiger partial charge in [0.1, 0.15) is 5.60 Å². The van der Waals surface area contributed by atoms with Gasteiger partial charge in [-0.15, -0.1) is 0 Å². The number of sulfone groups is 1. The van der Waals surface area contributed by atoms with E-state index in [9.17, 15) is 18.3 Å². The Morgan fingerprint density at radius 3 is 2.50 bits per heavy atom. The lowest BCUT2D eigenvalue weighted by atomic mass is 9.85. The van der Waals surface area contributed by atoms with Crippen LogP contribution in [0.5, 0.6) is 0 Å². The fourth-order valence-corrected chi connectivity index (χ4v) is 4.62. The summed E-state index contributed by atoms with van der Waals surface area (Å²) in [6.07, 6.45) is -0.801. The Kier molecular flexibility index (Phi) is 3.79. The number of rotatable bonds is 2. The van der Waals surface area contributed by atoms with Gasteiger partial charge in [-0.3, -0.25) is 4.79 Å². The van der Waals surface area contributed by atoms with Gasteiger partial charge in [0.2, 0.25) is 0 Å². The van der Waals surface area contributed by atoms with Crippen LogP contribution in [-0.4, -0.2) is 29.9 Å². The molecule has 0 radical (unpaired) electrons. The van der Waals surface area contributed by atoms with Gasteiger partial charge in [-0.25, -0.2) is 8.42 Å².